The van der Waals surface area contributed by atoms with Gasteiger partial charge in [0.25, 0.3) is 17.7 Å². The highest BCUT2D eigenvalue weighted by Crippen LogP contribution is 2.27. The van der Waals surface area contributed by atoms with Crippen LogP contribution in [0.3, 0.4) is 0 Å². The smallest absolute Gasteiger partial charge is 0.261 e. The van der Waals surface area contributed by atoms with Crippen molar-refractivity contribution < 1.29 is 23.9 Å². The van der Waals surface area contributed by atoms with Gasteiger partial charge in [-0.15, -0.1) is 0 Å². The van der Waals surface area contributed by atoms with E-state index in [0.717, 1.165) is 37.6 Å². The molecule has 190 valence electrons. The third-order valence-corrected chi connectivity index (χ3v) is 6.57. The van der Waals surface area contributed by atoms with E-state index in [-0.39, 0.29) is 24.3 Å². The summed E-state index contributed by atoms with van der Waals surface area (Å²) in [6.07, 6.45) is 0. The molecule has 0 aromatic heterocycles. The van der Waals surface area contributed by atoms with E-state index in [2.05, 4.69) is 22.3 Å². The van der Waals surface area contributed by atoms with Gasteiger partial charge in [-0.2, -0.15) is 0 Å². The molecule has 1 N–H and O–H groups in total. The number of fused-ring (bicyclic) bond motifs is 1. The molecule has 8 nitrogen and oxygen atoms in total. The van der Waals surface area contributed by atoms with Gasteiger partial charge in [0.2, 0.25) is 0 Å². The highest BCUT2D eigenvalue weighted by molar-refractivity contribution is 6.21. The van der Waals surface area contributed by atoms with Gasteiger partial charge >= 0.3 is 0 Å². The fraction of sp³-hybridized carbons (Fsp3) is 0.276. The van der Waals surface area contributed by atoms with Crippen molar-refractivity contribution in [3.8, 4) is 5.75 Å². The van der Waals surface area contributed by atoms with Crippen LogP contribution in [-0.2, 0) is 17.8 Å². The number of amides is 3. The molecule has 0 unspecified atom stereocenters. The zero-order chi connectivity index (χ0) is 25.8. The Bertz CT molecular complexity index is 1280. The van der Waals surface area contributed by atoms with Crippen LogP contribution in [0.4, 0.5) is 5.69 Å². The third kappa shape index (κ3) is 5.20. The van der Waals surface area contributed by atoms with Crippen molar-refractivity contribution in [2.24, 2.45) is 0 Å². The molecule has 3 aromatic carbocycles. The van der Waals surface area contributed by atoms with Crippen LogP contribution in [0.5, 0.6) is 5.75 Å². The van der Waals surface area contributed by atoms with Crippen LogP contribution < -0.4 is 15.0 Å². The fourth-order valence-electron chi connectivity index (χ4n) is 4.62. The Kier molecular flexibility index (Phi) is 7.18. The lowest BCUT2D eigenvalue weighted by Gasteiger charge is -2.28. The molecule has 0 atom stereocenters. The molecular formula is C29H29N3O5. The maximum atomic E-state index is 13.2. The molecule has 2 aliphatic rings. The predicted octanol–water partition coefficient (Wildman–Crippen LogP) is 3.65. The largest absolute Gasteiger partial charge is 0.493 e. The summed E-state index contributed by atoms with van der Waals surface area (Å²) >= 11 is 0. The van der Waals surface area contributed by atoms with Gasteiger partial charge in [0.1, 0.15) is 5.75 Å². The molecule has 2 heterocycles. The van der Waals surface area contributed by atoms with Crippen LogP contribution in [0, 0.1) is 0 Å². The van der Waals surface area contributed by atoms with Gasteiger partial charge in [-0.05, 0) is 54.4 Å². The standard InChI is InChI=1S/C29H29N3O5/c1-2-37-26-12-9-21(19-32-28(34)23-5-3-4-6-24(23)29(32)35)17-25(26)27(33)30-18-20-7-10-22(11-8-20)31-13-15-36-16-14-31/h3-12,17H,2,13-16,18-19H2,1H3,(H,30,33). The highest BCUT2D eigenvalue weighted by Gasteiger charge is 2.35. The summed E-state index contributed by atoms with van der Waals surface area (Å²) in [4.78, 5) is 42.2. The number of rotatable bonds is 8. The number of nitrogens with zero attached hydrogens (tertiary/aromatic N) is 2. The lowest BCUT2D eigenvalue weighted by molar-refractivity contribution is 0.0642. The Morgan fingerprint density at radius 1 is 0.919 bits per heavy atom. The summed E-state index contributed by atoms with van der Waals surface area (Å²) in [5.41, 5.74) is 3.94. The van der Waals surface area contributed by atoms with Crippen molar-refractivity contribution >= 4 is 23.4 Å². The van der Waals surface area contributed by atoms with E-state index in [9.17, 15) is 14.4 Å². The molecule has 0 saturated carbocycles. The van der Waals surface area contributed by atoms with Gasteiger partial charge < -0.3 is 19.7 Å². The quantitative estimate of drug-likeness (QED) is 0.476. The fourth-order valence-corrected chi connectivity index (χ4v) is 4.62. The number of nitrogens with one attached hydrogen (secondary N) is 1. The molecule has 0 spiro atoms. The molecule has 37 heavy (non-hydrogen) atoms. The lowest BCUT2D eigenvalue weighted by atomic mass is 10.1. The van der Waals surface area contributed by atoms with Crippen molar-refractivity contribution in [3.63, 3.8) is 0 Å². The Hall–Kier alpha value is -4.17. The van der Waals surface area contributed by atoms with Gasteiger partial charge in [0, 0.05) is 25.3 Å². The van der Waals surface area contributed by atoms with Crippen LogP contribution in [-0.4, -0.2) is 55.5 Å². The minimum Gasteiger partial charge on any atom is -0.493 e. The molecule has 0 radical (unpaired) electrons. The first-order valence-electron chi connectivity index (χ1n) is 12.5. The zero-order valence-corrected chi connectivity index (χ0v) is 20.7. The van der Waals surface area contributed by atoms with E-state index in [4.69, 9.17) is 9.47 Å². The van der Waals surface area contributed by atoms with Crippen molar-refractivity contribution in [1.82, 2.24) is 10.2 Å². The van der Waals surface area contributed by atoms with Gasteiger partial charge in [-0.3, -0.25) is 19.3 Å². The molecule has 2 aliphatic heterocycles. The number of hydrogen-bond donors (Lipinski definition) is 1. The van der Waals surface area contributed by atoms with Crippen LogP contribution in [0.1, 0.15) is 49.1 Å². The molecular weight excluding hydrogens is 470 g/mol. The van der Waals surface area contributed by atoms with Gasteiger partial charge in [0.15, 0.2) is 0 Å². The molecule has 1 fully saturated rings. The summed E-state index contributed by atoms with van der Waals surface area (Å²) in [6, 6.07) is 20.1. The summed E-state index contributed by atoms with van der Waals surface area (Å²) in [7, 11) is 0. The number of anilines is 1. The summed E-state index contributed by atoms with van der Waals surface area (Å²) in [5, 5.41) is 2.97. The number of hydrogen-bond acceptors (Lipinski definition) is 6. The number of imide groups is 1. The molecule has 3 aromatic rings. The normalized spacial score (nSPS) is 15.1. The van der Waals surface area contributed by atoms with Gasteiger partial charge in [0.05, 0.1) is 43.1 Å². The Morgan fingerprint density at radius 2 is 1.57 bits per heavy atom. The Morgan fingerprint density at radius 3 is 2.22 bits per heavy atom. The van der Waals surface area contributed by atoms with Crippen LogP contribution in [0.15, 0.2) is 66.7 Å². The zero-order valence-electron chi connectivity index (χ0n) is 20.7. The molecule has 8 heteroatoms. The average molecular weight is 500 g/mol. The predicted molar refractivity (Wildman–Crippen MR) is 139 cm³/mol. The Labute approximate surface area is 215 Å². The van der Waals surface area contributed by atoms with Gasteiger partial charge in [-0.1, -0.05) is 30.3 Å². The van der Waals surface area contributed by atoms with E-state index in [0.29, 0.717) is 41.2 Å². The average Bonchev–Trinajstić information content (AvgIpc) is 3.18. The summed E-state index contributed by atoms with van der Waals surface area (Å²) in [6.45, 7) is 5.88. The highest BCUT2D eigenvalue weighted by atomic mass is 16.5. The van der Waals surface area contributed by atoms with E-state index >= 15 is 0 Å². The van der Waals surface area contributed by atoms with Crippen LogP contribution in [0.25, 0.3) is 0 Å². The first kappa shape index (κ1) is 24.5. The van der Waals surface area contributed by atoms with Crippen molar-refractivity contribution in [1.29, 1.82) is 0 Å². The second-order valence-electron chi connectivity index (χ2n) is 8.95. The second-order valence-corrected chi connectivity index (χ2v) is 8.95. The number of ether oxygens (including phenoxy) is 2. The van der Waals surface area contributed by atoms with Crippen molar-refractivity contribution in [3.05, 3.63) is 94.5 Å². The Balaban J connectivity index is 1.28. The molecule has 1 saturated heterocycles. The monoisotopic (exact) mass is 499 g/mol. The summed E-state index contributed by atoms with van der Waals surface area (Å²) in [5.74, 6) is -0.499. The van der Waals surface area contributed by atoms with E-state index in [1.54, 1.807) is 42.5 Å². The molecule has 5 rings (SSSR count). The lowest BCUT2D eigenvalue weighted by Crippen LogP contribution is -2.36. The van der Waals surface area contributed by atoms with Gasteiger partial charge in [-0.25, -0.2) is 0 Å². The SMILES string of the molecule is CCOc1ccc(CN2C(=O)c3ccccc3C2=O)cc1C(=O)NCc1ccc(N2CCOCC2)cc1. The van der Waals surface area contributed by atoms with Crippen molar-refractivity contribution in [2.75, 3.05) is 37.8 Å². The van der Waals surface area contributed by atoms with E-state index < -0.39 is 0 Å². The number of benzene rings is 3. The maximum absolute atomic E-state index is 13.2. The third-order valence-electron chi connectivity index (χ3n) is 6.57. The topological polar surface area (TPSA) is 88.2 Å². The molecule has 0 bridgehead atoms. The van der Waals surface area contributed by atoms with Crippen LogP contribution >= 0.6 is 0 Å². The van der Waals surface area contributed by atoms with Crippen molar-refractivity contribution in [2.45, 2.75) is 20.0 Å². The number of morpholine rings is 1. The number of carbonyl (C=O) groups excluding carboxylic acids is 3. The minimum atomic E-state index is -0.332. The molecule has 0 aliphatic carbocycles. The first-order valence-corrected chi connectivity index (χ1v) is 12.5. The molecule has 3 amide bonds. The van der Waals surface area contributed by atoms with E-state index in [1.807, 2.05) is 19.1 Å². The second kappa shape index (κ2) is 10.8. The van der Waals surface area contributed by atoms with Crippen LogP contribution in [0.2, 0.25) is 0 Å². The number of carbonyl (C=O) groups is 3. The first-order chi connectivity index (χ1) is 18.0. The maximum Gasteiger partial charge on any atom is 0.261 e. The minimum absolute atomic E-state index is 0.0715. The van der Waals surface area contributed by atoms with E-state index in [1.165, 1.54) is 4.90 Å². The summed E-state index contributed by atoms with van der Waals surface area (Å²) < 4.78 is 11.1.